The molecule has 1 aliphatic rings. The summed E-state index contributed by atoms with van der Waals surface area (Å²) in [6.07, 6.45) is 0.933. The van der Waals surface area contributed by atoms with Crippen LogP contribution in [0.1, 0.15) is 25.0 Å². The van der Waals surface area contributed by atoms with Gasteiger partial charge in [0, 0.05) is 29.1 Å². The third-order valence-electron chi connectivity index (χ3n) is 6.69. The van der Waals surface area contributed by atoms with Crippen molar-refractivity contribution < 1.29 is 31.6 Å². The number of carbonyl (C=O) groups is 2. The predicted molar refractivity (Wildman–Crippen MR) is 161 cm³/mol. The van der Waals surface area contributed by atoms with E-state index in [-0.39, 0.29) is 24.8 Å². The molecule has 3 aromatic rings. The molecule has 4 N–H and O–H groups in total. The van der Waals surface area contributed by atoms with Gasteiger partial charge in [0.1, 0.15) is 0 Å². The van der Waals surface area contributed by atoms with Crippen molar-refractivity contribution in [3.63, 3.8) is 0 Å². The maximum absolute atomic E-state index is 13.5. The molecule has 0 aromatic heterocycles. The highest BCUT2D eigenvalue weighted by atomic mass is 32.2. The smallest absolute Gasteiger partial charge is 0.354 e. The molecular weight excluding hydrogens is 567 g/mol. The van der Waals surface area contributed by atoms with Crippen molar-refractivity contribution in [1.82, 2.24) is 3.89 Å². The van der Waals surface area contributed by atoms with E-state index in [1.54, 1.807) is 44.2 Å². The monoisotopic (exact) mass is 599 g/mol. The van der Waals surface area contributed by atoms with Crippen molar-refractivity contribution in [2.75, 3.05) is 37.2 Å². The summed E-state index contributed by atoms with van der Waals surface area (Å²) >= 11 is 0. The number of carbonyl (C=O) groups excluding carboxylic acids is 2. The highest BCUT2D eigenvalue weighted by molar-refractivity contribution is 7.90. The van der Waals surface area contributed by atoms with Crippen LogP contribution in [0.25, 0.3) is 11.3 Å². The molecule has 1 heterocycles. The van der Waals surface area contributed by atoms with Crippen LogP contribution in [-0.2, 0) is 28.4 Å². The molecule has 1 aliphatic heterocycles. The van der Waals surface area contributed by atoms with Crippen LogP contribution in [0.2, 0.25) is 0 Å². The van der Waals surface area contributed by atoms with Gasteiger partial charge in [-0.1, -0.05) is 30.3 Å². The second-order valence-corrected chi connectivity index (χ2v) is 13.5. The number of hydrogen-bond acceptors (Lipinski definition) is 8. The van der Waals surface area contributed by atoms with Gasteiger partial charge in [-0.3, -0.25) is 9.36 Å². The summed E-state index contributed by atoms with van der Waals surface area (Å²) in [5.41, 5.74) is 8.58. The zero-order valence-electron chi connectivity index (χ0n) is 23.1. The molecule has 0 fully saturated rings. The normalized spacial score (nSPS) is 16.0. The third kappa shape index (κ3) is 5.70. The number of primary amides is 1. The largest absolute Gasteiger partial charge is 0.434 e. The Morgan fingerprint density at radius 1 is 1.00 bits per heavy atom. The Morgan fingerprint density at radius 2 is 1.61 bits per heavy atom. The molecule has 0 saturated carbocycles. The number of amides is 3. The van der Waals surface area contributed by atoms with Gasteiger partial charge in [0.15, 0.2) is 5.69 Å². The quantitative estimate of drug-likeness (QED) is 0.175. The minimum atomic E-state index is -3.94. The van der Waals surface area contributed by atoms with E-state index in [1.165, 1.54) is 19.2 Å². The Hall–Kier alpha value is -3.80. The number of anilines is 2. The summed E-state index contributed by atoms with van der Waals surface area (Å²) in [5.74, 6) is -0.377. The lowest BCUT2D eigenvalue weighted by Crippen LogP contribution is -2.57. The number of benzene rings is 3. The van der Waals surface area contributed by atoms with Crippen molar-refractivity contribution in [3.8, 4) is 0 Å². The van der Waals surface area contributed by atoms with Crippen molar-refractivity contribution >= 4 is 63.2 Å². The van der Waals surface area contributed by atoms with Crippen LogP contribution in [0.3, 0.4) is 0 Å². The minimum Gasteiger partial charge on any atom is -0.354 e. The summed E-state index contributed by atoms with van der Waals surface area (Å²) in [7, 11) is -6.36. The molecule has 1 atom stereocenters. The van der Waals surface area contributed by atoms with Gasteiger partial charge in [-0.25, -0.2) is 4.79 Å². The second-order valence-electron chi connectivity index (χ2n) is 9.30. The summed E-state index contributed by atoms with van der Waals surface area (Å²) < 4.78 is 48.3. The van der Waals surface area contributed by atoms with E-state index >= 15 is 0 Å². The first kappa shape index (κ1) is 30.2. The topological polar surface area (TPSA) is 154 Å². The fourth-order valence-corrected chi connectivity index (χ4v) is 6.87. The van der Waals surface area contributed by atoms with E-state index in [0.717, 1.165) is 6.26 Å². The van der Waals surface area contributed by atoms with Gasteiger partial charge in [-0.15, -0.1) is 3.89 Å². The molecule has 0 bridgehead atoms. The molecule has 0 spiro atoms. The third-order valence-corrected chi connectivity index (χ3v) is 10.5. The summed E-state index contributed by atoms with van der Waals surface area (Å²) in [4.78, 5) is 25.5. The molecule has 0 radical (unpaired) electrons. The lowest BCUT2D eigenvalue weighted by molar-refractivity contribution is -0.110. The van der Waals surface area contributed by atoms with Gasteiger partial charge >= 0.3 is 23.7 Å². The highest BCUT2D eigenvalue weighted by Crippen LogP contribution is 2.48. The van der Waals surface area contributed by atoms with E-state index in [1.807, 2.05) is 30.3 Å². The number of sulfonamides is 1. The van der Waals surface area contributed by atoms with Crippen molar-refractivity contribution in [2.24, 2.45) is 5.73 Å². The van der Waals surface area contributed by atoms with Crippen molar-refractivity contribution in [3.05, 3.63) is 83.9 Å². The SMILES string of the molecule is CCOP(=O)(OCC)c1ccc2c(c1)/C(=C(/Nc1ccc([N+](C)(C(N)=O)S(C)(=O)=O)cc1)c1ccccc1)C(=O)N2. The Bertz CT molecular complexity index is 1670. The first-order valence-corrected chi connectivity index (χ1v) is 16.1. The van der Waals surface area contributed by atoms with E-state index in [4.69, 9.17) is 14.8 Å². The number of hydrogen-bond donors (Lipinski definition) is 3. The van der Waals surface area contributed by atoms with E-state index in [0.29, 0.717) is 39.1 Å². The standard InChI is InChI=1S/C28H31N4O7PS/c1-5-38-40(35,39-6-2)22-16-17-24-23(18-22)25(27(33)31-24)26(19-10-8-7-9-11-19)30-20-12-14-21(15-13-20)32(3,28(29)34)41(4,36)37/h7-18H,5-6H2,1-4H3,(H3-,29,30,31,33,34,35)/p+1. The minimum absolute atomic E-state index is 0.149. The number of urea groups is 1. The van der Waals surface area contributed by atoms with E-state index in [2.05, 4.69) is 10.6 Å². The van der Waals surface area contributed by atoms with E-state index < -0.39 is 27.5 Å². The van der Waals surface area contributed by atoms with Crippen LogP contribution in [0.4, 0.5) is 21.9 Å². The number of rotatable bonds is 10. The first-order chi connectivity index (χ1) is 19.4. The number of nitrogens with one attached hydrogen (secondary N) is 2. The van der Waals surface area contributed by atoms with Gasteiger partial charge in [0.25, 0.3) is 5.91 Å². The van der Waals surface area contributed by atoms with Crippen LogP contribution in [0.15, 0.2) is 72.8 Å². The van der Waals surface area contributed by atoms with Crippen LogP contribution in [0, 0.1) is 0 Å². The molecule has 11 nitrogen and oxygen atoms in total. The predicted octanol–water partition coefficient (Wildman–Crippen LogP) is 4.49. The lowest BCUT2D eigenvalue weighted by Gasteiger charge is -2.26. The molecule has 13 heteroatoms. The fraction of sp³-hybridized carbons (Fsp3) is 0.214. The maximum Gasteiger partial charge on any atom is 0.434 e. The number of nitrogens with two attached hydrogens (primary N) is 1. The van der Waals surface area contributed by atoms with E-state index in [9.17, 15) is 22.6 Å². The van der Waals surface area contributed by atoms with Crippen LogP contribution < -0.4 is 25.6 Å². The Kier molecular flexibility index (Phi) is 8.53. The van der Waals surface area contributed by atoms with Gasteiger partial charge < -0.3 is 25.4 Å². The molecule has 0 saturated heterocycles. The second kappa shape index (κ2) is 11.6. The molecule has 216 valence electrons. The summed E-state index contributed by atoms with van der Waals surface area (Å²) in [6, 6.07) is 19.1. The number of fused-ring (bicyclic) bond motifs is 1. The summed E-state index contributed by atoms with van der Waals surface area (Å²) in [6.45, 7) is 3.79. The number of nitrogens with zero attached hydrogens (tertiary/aromatic N) is 1. The lowest BCUT2D eigenvalue weighted by atomic mass is 10.00. The zero-order chi connectivity index (χ0) is 30.0. The molecular formula is C28H32N4O7PS+. The fourth-order valence-electron chi connectivity index (χ4n) is 4.44. The van der Waals surface area contributed by atoms with Gasteiger partial charge in [-0.05, 0) is 49.7 Å². The average molecular weight is 600 g/mol. The van der Waals surface area contributed by atoms with Crippen molar-refractivity contribution in [2.45, 2.75) is 13.8 Å². The molecule has 41 heavy (non-hydrogen) atoms. The molecule has 3 aromatic carbocycles. The first-order valence-electron chi connectivity index (χ1n) is 12.7. The Labute approximate surface area is 239 Å². The summed E-state index contributed by atoms with van der Waals surface area (Å²) in [5, 5.41) is 6.45. The Morgan fingerprint density at radius 3 is 2.15 bits per heavy atom. The molecule has 3 amide bonds. The Balaban J connectivity index is 1.85. The average Bonchev–Trinajstić information content (AvgIpc) is 3.26. The zero-order valence-corrected chi connectivity index (χ0v) is 24.8. The molecule has 4 rings (SSSR count). The highest BCUT2D eigenvalue weighted by Gasteiger charge is 2.43. The molecule has 1 unspecified atom stereocenters. The molecule has 0 aliphatic carbocycles. The van der Waals surface area contributed by atoms with Crippen molar-refractivity contribution in [1.29, 1.82) is 0 Å². The van der Waals surface area contributed by atoms with Crippen LogP contribution in [0.5, 0.6) is 0 Å². The van der Waals surface area contributed by atoms with Gasteiger partial charge in [0.05, 0.1) is 43.1 Å². The van der Waals surface area contributed by atoms with Crippen LogP contribution >= 0.6 is 7.60 Å². The van der Waals surface area contributed by atoms with Crippen LogP contribution in [-0.4, -0.2) is 46.9 Å². The maximum atomic E-state index is 13.5. The van der Waals surface area contributed by atoms with Gasteiger partial charge in [-0.2, -0.15) is 8.42 Å². The van der Waals surface area contributed by atoms with Gasteiger partial charge in [0.2, 0.25) is 0 Å². The number of quaternary nitrogens is 1.